The number of carbonyl (C=O) groups excluding carboxylic acids is 2. The first-order valence-electron chi connectivity index (χ1n) is 7.21. The van der Waals surface area contributed by atoms with E-state index in [0.717, 1.165) is 5.56 Å². The molecular weight excluding hydrogens is 271 g/mol. The molecule has 0 aromatic heterocycles. The lowest BCUT2D eigenvalue weighted by Crippen LogP contribution is -2.61. The van der Waals surface area contributed by atoms with Crippen molar-refractivity contribution in [2.75, 3.05) is 0 Å². The lowest BCUT2D eigenvalue weighted by molar-refractivity contribution is -0.149. The molecule has 0 spiro atoms. The number of hydrogen-bond acceptors (Lipinski definition) is 2. The number of halogens is 1. The Labute approximate surface area is 124 Å². The first-order chi connectivity index (χ1) is 9.85. The summed E-state index contributed by atoms with van der Waals surface area (Å²) in [5.74, 6) is -0.442. The molecule has 1 aliphatic rings. The normalized spacial score (nSPS) is 22.4. The Morgan fingerprint density at radius 3 is 2.33 bits per heavy atom. The minimum Gasteiger partial charge on any atom is -0.343 e. The summed E-state index contributed by atoms with van der Waals surface area (Å²) in [5, 5.41) is 2.72. The maximum absolute atomic E-state index is 13.7. The fourth-order valence-corrected chi connectivity index (χ4v) is 2.70. The number of rotatable bonds is 3. The summed E-state index contributed by atoms with van der Waals surface area (Å²) >= 11 is 0. The molecule has 0 aliphatic carbocycles. The molecule has 1 heterocycles. The van der Waals surface area contributed by atoms with Gasteiger partial charge in [-0.05, 0) is 43.9 Å². The number of nitrogens with one attached hydrogen (secondary N) is 1. The average molecular weight is 292 g/mol. The molecule has 1 aromatic rings. The Kier molecular flexibility index (Phi) is 4.30. The van der Waals surface area contributed by atoms with Crippen LogP contribution in [0.15, 0.2) is 12.1 Å². The Morgan fingerprint density at radius 2 is 1.81 bits per heavy atom. The van der Waals surface area contributed by atoms with E-state index in [1.165, 1.54) is 0 Å². The van der Waals surface area contributed by atoms with Crippen molar-refractivity contribution in [3.8, 4) is 0 Å². The predicted molar refractivity (Wildman–Crippen MR) is 78.1 cm³/mol. The molecule has 1 fully saturated rings. The Balaban J connectivity index is 2.28. The standard InChI is InChI=1S/C16H21FN2O2/c1-5-13-16(21)19(11(4)15(20)18-13)8-12-6-9(2)14(17)10(3)7-12/h6-7,11,13H,5,8H2,1-4H3,(H,18,20). The van der Waals surface area contributed by atoms with Gasteiger partial charge in [0.2, 0.25) is 11.8 Å². The van der Waals surface area contributed by atoms with E-state index in [9.17, 15) is 14.0 Å². The number of nitrogens with zero attached hydrogens (tertiary/aromatic N) is 1. The van der Waals surface area contributed by atoms with Gasteiger partial charge in [0.15, 0.2) is 0 Å². The Morgan fingerprint density at radius 1 is 1.24 bits per heavy atom. The van der Waals surface area contributed by atoms with Gasteiger partial charge in [0.25, 0.3) is 0 Å². The second kappa shape index (κ2) is 5.84. The lowest BCUT2D eigenvalue weighted by atomic mass is 10.0. The van der Waals surface area contributed by atoms with Crippen LogP contribution in [0.4, 0.5) is 4.39 Å². The zero-order valence-corrected chi connectivity index (χ0v) is 12.9. The fourth-order valence-electron chi connectivity index (χ4n) is 2.70. The predicted octanol–water partition coefficient (Wildman–Crippen LogP) is 2.07. The molecule has 2 unspecified atom stereocenters. The van der Waals surface area contributed by atoms with Crippen LogP contribution in [0.2, 0.25) is 0 Å². The van der Waals surface area contributed by atoms with E-state index in [-0.39, 0.29) is 17.6 Å². The molecule has 2 amide bonds. The molecule has 0 saturated carbocycles. The monoisotopic (exact) mass is 292 g/mol. The molecule has 21 heavy (non-hydrogen) atoms. The van der Waals surface area contributed by atoms with E-state index in [1.54, 1.807) is 37.8 Å². The minimum absolute atomic E-state index is 0.0794. The van der Waals surface area contributed by atoms with E-state index in [0.29, 0.717) is 24.1 Å². The maximum Gasteiger partial charge on any atom is 0.246 e. The maximum atomic E-state index is 13.7. The highest BCUT2D eigenvalue weighted by Crippen LogP contribution is 2.20. The number of aryl methyl sites for hydroxylation is 2. The average Bonchev–Trinajstić information content (AvgIpc) is 2.44. The zero-order chi connectivity index (χ0) is 15.7. The second-order valence-electron chi connectivity index (χ2n) is 5.66. The molecule has 0 bridgehead atoms. The van der Waals surface area contributed by atoms with Crippen LogP contribution in [0, 0.1) is 19.7 Å². The van der Waals surface area contributed by atoms with E-state index in [2.05, 4.69) is 5.32 Å². The quantitative estimate of drug-likeness (QED) is 0.927. The third-order valence-corrected chi connectivity index (χ3v) is 4.00. The SMILES string of the molecule is CCC1NC(=O)C(C)N(Cc2cc(C)c(F)c(C)c2)C1=O. The summed E-state index contributed by atoms with van der Waals surface area (Å²) in [6.45, 7) is 7.31. The zero-order valence-electron chi connectivity index (χ0n) is 12.9. The van der Waals surface area contributed by atoms with E-state index in [4.69, 9.17) is 0 Å². The minimum atomic E-state index is -0.508. The smallest absolute Gasteiger partial charge is 0.246 e. The van der Waals surface area contributed by atoms with Gasteiger partial charge in [0.05, 0.1) is 0 Å². The van der Waals surface area contributed by atoms with Crippen molar-refractivity contribution in [3.05, 3.63) is 34.6 Å². The molecule has 5 heteroatoms. The van der Waals surface area contributed by atoms with Gasteiger partial charge >= 0.3 is 0 Å². The van der Waals surface area contributed by atoms with Crippen molar-refractivity contribution < 1.29 is 14.0 Å². The third-order valence-electron chi connectivity index (χ3n) is 4.00. The van der Waals surface area contributed by atoms with Gasteiger partial charge < -0.3 is 10.2 Å². The van der Waals surface area contributed by atoms with Gasteiger partial charge in [-0.2, -0.15) is 0 Å². The molecule has 4 nitrogen and oxygen atoms in total. The molecule has 2 rings (SSSR count). The van der Waals surface area contributed by atoms with Crippen molar-refractivity contribution in [2.24, 2.45) is 0 Å². The van der Waals surface area contributed by atoms with Crippen LogP contribution in [0.3, 0.4) is 0 Å². The van der Waals surface area contributed by atoms with Gasteiger partial charge in [-0.25, -0.2) is 4.39 Å². The second-order valence-corrected chi connectivity index (χ2v) is 5.66. The molecule has 114 valence electrons. The molecule has 1 saturated heterocycles. The van der Waals surface area contributed by atoms with Gasteiger partial charge in [-0.15, -0.1) is 0 Å². The molecule has 1 aliphatic heterocycles. The summed E-state index contributed by atoms with van der Waals surface area (Å²) in [5.41, 5.74) is 1.95. The number of piperazine rings is 1. The Bertz CT molecular complexity index is 563. The topological polar surface area (TPSA) is 49.4 Å². The lowest BCUT2D eigenvalue weighted by Gasteiger charge is -2.37. The van der Waals surface area contributed by atoms with Crippen LogP contribution in [-0.2, 0) is 16.1 Å². The Hall–Kier alpha value is -1.91. The molecule has 0 radical (unpaired) electrons. The first-order valence-corrected chi connectivity index (χ1v) is 7.21. The van der Waals surface area contributed by atoms with Gasteiger partial charge in [-0.3, -0.25) is 9.59 Å². The van der Waals surface area contributed by atoms with E-state index < -0.39 is 12.1 Å². The highest BCUT2D eigenvalue weighted by molar-refractivity contribution is 5.96. The van der Waals surface area contributed by atoms with Crippen LogP contribution < -0.4 is 5.32 Å². The van der Waals surface area contributed by atoms with Crippen LogP contribution in [0.1, 0.15) is 37.0 Å². The largest absolute Gasteiger partial charge is 0.343 e. The van der Waals surface area contributed by atoms with Crippen LogP contribution >= 0.6 is 0 Å². The van der Waals surface area contributed by atoms with Gasteiger partial charge in [-0.1, -0.05) is 19.1 Å². The van der Waals surface area contributed by atoms with E-state index >= 15 is 0 Å². The summed E-state index contributed by atoms with van der Waals surface area (Å²) in [4.78, 5) is 25.9. The van der Waals surface area contributed by atoms with Crippen LogP contribution in [0.25, 0.3) is 0 Å². The molecule has 1 N–H and O–H groups in total. The first kappa shape index (κ1) is 15.5. The number of benzene rings is 1. The van der Waals surface area contributed by atoms with Crippen LogP contribution in [-0.4, -0.2) is 28.8 Å². The van der Waals surface area contributed by atoms with Crippen molar-refractivity contribution in [1.82, 2.24) is 10.2 Å². The fraction of sp³-hybridized carbons (Fsp3) is 0.500. The highest BCUT2D eigenvalue weighted by Gasteiger charge is 2.37. The summed E-state index contributed by atoms with van der Waals surface area (Å²) in [6.07, 6.45) is 0.565. The molecular formula is C16H21FN2O2. The molecule has 2 atom stereocenters. The summed E-state index contributed by atoms with van der Waals surface area (Å²) < 4.78 is 13.7. The number of hydrogen-bond donors (Lipinski definition) is 1. The third kappa shape index (κ3) is 2.91. The summed E-state index contributed by atoms with van der Waals surface area (Å²) in [7, 11) is 0. The van der Waals surface area contributed by atoms with Crippen molar-refractivity contribution in [2.45, 2.75) is 52.7 Å². The van der Waals surface area contributed by atoms with Crippen LogP contribution in [0.5, 0.6) is 0 Å². The van der Waals surface area contributed by atoms with Crippen molar-refractivity contribution in [1.29, 1.82) is 0 Å². The highest BCUT2D eigenvalue weighted by atomic mass is 19.1. The number of carbonyl (C=O) groups is 2. The van der Waals surface area contributed by atoms with Crippen molar-refractivity contribution in [3.63, 3.8) is 0 Å². The summed E-state index contributed by atoms with van der Waals surface area (Å²) in [6, 6.07) is 2.49. The van der Waals surface area contributed by atoms with Gasteiger partial charge in [0.1, 0.15) is 17.9 Å². The molecule has 1 aromatic carbocycles. The number of amides is 2. The van der Waals surface area contributed by atoms with E-state index in [1.807, 2.05) is 6.92 Å². The van der Waals surface area contributed by atoms with Gasteiger partial charge in [0, 0.05) is 6.54 Å². The van der Waals surface area contributed by atoms with Crippen molar-refractivity contribution >= 4 is 11.8 Å².